The molecule has 2 aromatic rings. The SMILES string of the molecule is CCCCC(CC)COC(=O)/C(C#N)=c1\ccnc2cc3c(cc12)=NC=CC3=O. The van der Waals surface area contributed by atoms with Gasteiger partial charge in [-0.15, -0.1) is 0 Å². The zero-order chi connectivity index (χ0) is 20.8. The smallest absolute Gasteiger partial charge is 0.349 e. The topological polar surface area (TPSA) is 92.4 Å². The Bertz CT molecular complexity index is 1140. The van der Waals surface area contributed by atoms with Crippen LogP contribution in [0.3, 0.4) is 0 Å². The molecule has 1 aromatic heterocycles. The van der Waals surface area contributed by atoms with Gasteiger partial charge in [0.1, 0.15) is 11.6 Å². The van der Waals surface area contributed by atoms with Crippen LogP contribution >= 0.6 is 0 Å². The average molecular weight is 389 g/mol. The van der Waals surface area contributed by atoms with Gasteiger partial charge in [-0.2, -0.15) is 5.26 Å². The first kappa shape index (κ1) is 20.4. The molecule has 1 aromatic carbocycles. The Balaban J connectivity index is 2.02. The second kappa shape index (κ2) is 9.24. The molecule has 0 aliphatic carbocycles. The fourth-order valence-electron chi connectivity index (χ4n) is 3.36. The van der Waals surface area contributed by atoms with Gasteiger partial charge in [-0.05, 0) is 30.5 Å². The standard InChI is InChI=1S/C23H23N3O3/c1-3-5-6-15(4-2)14-29-23(28)19(13-24)16-7-9-25-20-12-18-21(11-17(16)20)26-10-8-22(18)27/h7-12,15H,3-6,14H2,1-2H3/b19-16+. The molecular formula is C23H23N3O3. The molecule has 0 bridgehead atoms. The lowest BCUT2D eigenvalue weighted by atomic mass is 10.0. The molecule has 148 valence electrons. The molecule has 0 saturated carbocycles. The van der Waals surface area contributed by atoms with Crippen LogP contribution in [0.1, 0.15) is 49.9 Å². The summed E-state index contributed by atoms with van der Waals surface area (Å²) in [5.74, 6) is -0.497. The van der Waals surface area contributed by atoms with Crippen molar-refractivity contribution < 1.29 is 14.3 Å². The van der Waals surface area contributed by atoms with Crippen LogP contribution in [0.2, 0.25) is 0 Å². The third-order valence-corrected chi connectivity index (χ3v) is 5.14. The molecule has 1 aliphatic heterocycles. The van der Waals surface area contributed by atoms with Gasteiger partial charge >= 0.3 is 5.97 Å². The van der Waals surface area contributed by atoms with E-state index >= 15 is 0 Å². The van der Waals surface area contributed by atoms with Crippen molar-refractivity contribution in [3.05, 3.63) is 52.8 Å². The predicted molar refractivity (Wildman–Crippen MR) is 109 cm³/mol. The molecule has 29 heavy (non-hydrogen) atoms. The van der Waals surface area contributed by atoms with Crippen molar-refractivity contribution in [3.8, 4) is 6.07 Å². The fourth-order valence-corrected chi connectivity index (χ4v) is 3.36. The first-order chi connectivity index (χ1) is 14.1. The monoisotopic (exact) mass is 389 g/mol. The van der Waals surface area contributed by atoms with E-state index in [4.69, 9.17) is 4.74 Å². The number of benzene rings is 1. The second-order valence-corrected chi connectivity index (χ2v) is 7.06. The third kappa shape index (κ3) is 4.40. The zero-order valence-electron chi connectivity index (χ0n) is 16.6. The number of allylic oxidation sites excluding steroid dienone is 1. The minimum Gasteiger partial charge on any atom is -0.461 e. The van der Waals surface area contributed by atoms with Crippen LogP contribution in [0.4, 0.5) is 0 Å². The highest BCUT2D eigenvalue weighted by molar-refractivity contribution is 6.17. The van der Waals surface area contributed by atoms with Crippen molar-refractivity contribution in [2.24, 2.45) is 10.9 Å². The quantitative estimate of drug-likeness (QED) is 0.679. The van der Waals surface area contributed by atoms with Gasteiger partial charge in [0.15, 0.2) is 5.78 Å². The number of ether oxygens (including phenoxy) is 1. The van der Waals surface area contributed by atoms with E-state index in [9.17, 15) is 14.9 Å². The second-order valence-electron chi connectivity index (χ2n) is 7.06. The van der Waals surface area contributed by atoms with E-state index in [1.807, 2.05) is 6.07 Å². The van der Waals surface area contributed by atoms with Gasteiger partial charge in [0, 0.05) is 34.6 Å². The number of hydrogen-bond donors (Lipinski definition) is 0. The minimum atomic E-state index is -0.638. The van der Waals surface area contributed by atoms with E-state index in [2.05, 4.69) is 23.8 Å². The van der Waals surface area contributed by atoms with E-state index < -0.39 is 5.97 Å². The van der Waals surface area contributed by atoms with Crippen LogP contribution in [0, 0.1) is 17.2 Å². The molecule has 6 heteroatoms. The maximum atomic E-state index is 12.7. The summed E-state index contributed by atoms with van der Waals surface area (Å²) in [6.07, 6.45) is 8.45. The molecule has 0 amide bonds. The number of carbonyl (C=O) groups excluding carboxylic acids is 2. The lowest BCUT2D eigenvalue weighted by Gasteiger charge is -2.14. The Morgan fingerprint density at radius 1 is 1.31 bits per heavy atom. The number of carbonyl (C=O) groups is 2. The summed E-state index contributed by atoms with van der Waals surface area (Å²) in [6.45, 7) is 4.50. The number of esters is 1. The molecule has 1 atom stereocenters. The van der Waals surface area contributed by atoms with Crippen molar-refractivity contribution in [2.45, 2.75) is 39.5 Å². The molecule has 0 spiro atoms. The van der Waals surface area contributed by atoms with Crippen LogP contribution in [-0.4, -0.2) is 23.3 Å². The van der Waals surface area contributed by atoms with Crippen molar-refractivity contribution in [1.82, 2.24) is 4.98 Å². The van der Waals surface area contributed by atoms with E-state index in [-0.39, 0.29) is 17.3 Å². The Kier molecular flexibility index (Phi) is 6.50. The highest BCUT2D eigenvalue weighted by Crippen LogP contribution is 2.15. The normalized spacial score (nSPS) is 14.6. The first-order valence-corrected chi connectivity index (χ1v) is 9.88. The number of unbranched alkanes of at least 4 members (excludes halogenated alkanes) is 1. The largest absolute Gasteiger partial charge is 0.461 e. The molecule has 3 rings (SSSR count). The van der Waals surface area contributed by atoms with Crippen molar-refractivity contribution in [2.75, 3.05) is 6.61 Å². The Morgan fingerprint density at radius 3 is 2.86 bits per heavy atom. The Hall–Kier alpha value is -3.33. The maximum Gasteiger partial charge on any atom is 0.349 e. The van der Waals surface area contributed by atoms with Crippen molar-refractivity contribution >= 4 is 28.2 Å². The summed E-state index contributed by atoms with van der Waals surface area (Å²) < 4.78 is 5.47. The highest BCUT2D eigenvalue weighted by atomic mass is 16.5. The molecule has 6 nitrogen and oxygen atoms in total. The maximum absolute atomic E-state index is 12.7. The number of ketones is 1. The molecule has 0 N–H and O–H groups in total. The summed E-state index contributed by atoms with van der Waals surface area (Å²) in [5.41, 5.74) is 0.905. The lowest BCUT2D eigenvalue weighted by molar-refractivity contribution is -0.138. The van der Waals surface area contributed by atoms with Gasteiger partial charge in [-0.1, -0.05) is 33.1 Å². The molecule has 1 aliphatic rings. The van der Waals surface area contributed by atoms with Crippen LogP contribution in [-0.2, 0) is 9.53 Å². The average Bonchev–Trinajstić information content (AvgIpc) is 2.74. The summed E-state index contributed by atoms with van der Waals surface area (Å²) in [6, 6.07) is 6.93. The van der Waals surface area contributed by atoms with Gasteiger partial charge in [0.25, 0.3) is 0 Å². The van der Waals surface area contributed by atoms with Crippen molar-refractivity contribution in [3.63, 3.8) is 0 Å². The lowest BCUT2D eigenvalue weighted by Crippen LogP contribution is -2.22. The zero-order valence-corrected chi connectivity index (χ0v) is 16.6. The molecule has 0 fully saturated rings. The number of fused-ring (bicyclic) bond motifs is 2. The van der Waals surface area contributed by atoms with Crippen LogP contribution in [0.5, 0.6) is 0 Å². The van der Waals surface area contributed by atoms with Crippen LogP contribution in [0.15, 0.2) is 41.7 Å². The summed E-state index contributed by atoms with van der Waals surface area (Å²) in [5, 5.41) is 11.2. The Morgan fingerprint density at radius 2 is 2.14 bits per heavy atom. The third-order valence-electron chi connectivity index (χ3n) is 5.14. The molecule has 1 unspecified atom stereocenters. The summed E-state index contributed by atoms with van der Waals surface area (Å²) in [7, 11) is 0. The number of hydrogen-bond acceptors (Lipinski definition) is 6. The van der Waals surface area contributed by atoms with Gasteiger partial charge in [-0.25, -0.2) is 4.79 Å². The summed E-state index contributed by atoms with van der Waals surface area (Å²) in [4.78, 5) is 33.2. The van der Waals surface area contributed by atoms with Crippen LogP contribution in [0.25, 0.3) is 16.5 Å². The van der Waals surface area contributed by atoms with E-state index in [0.717, 1.165) is 25.7 Å². The first-order valence-electron chi connectivity index (χ1n) is 9.88. The van der Waals surface area contributed by atoms with Gasteiger partial charge in [0.2, 0.25) is 0 Å². The summed E-state index contributed by atoms with van der Waals surface area (Å²) >= 11 is 0. The molecular weight excluding hydrogens is 366 g/mol. The van der Waals surface area contributed by atoms with Crippen molar-refractivity contribution in [1.29, 1.82) is 5.26 Å². The van der Waals surface area contributed by atoms with E-state index in [1.165, 1.54) is 18.5 Å². The van der Waals surface area contributed by atoms with Gasteiger partial charge < -0.3 is 4.74 Å². The minimum absolute atomic E-state index is 0.0691. The number of rotatable bonds is 7. The number of aromatic nitrogens is 1. The van der Waals surface area contributed by atoms with E-state index in [1.54, 1.807) is 18.2 Å². The Labute approximate surface area is 169 Å². The molecule has 0 radical (unpaired) electrons. The number of nitriles is 1. The molecule has 0 saturated heterocycles. The number of nitrogens with zero attached hydrogens (tertiary/aromatic N) is 3. The van der Waals surface area contributed by atoms with E-state index in [0.29, 0.717) is 33.6 Å². The van der Waals surface area contributed by atoms with Gasteiger partial charge in [0.05, 0.1) is 17.5 Å². The highest BCUT2D eigenvalue weighted by Gasteiger charge is 2.17. The van der Waals surface area contributed by atoms with Crippen LogP contribution < -0.4 is 10.6 Å². The predicted octanol–water partition coefficient (Wildman–Crippen LogP) is 3.00. The number of pyridine rings is 1. The molecule has 2 heterocycles. The van der Waals surface area contributed by atoms with Gasteiger partial charge in [-0.3, -0.25) is 14.8 Å². The fraction of sp³-hybridized carbons (Fsp3) is 0.348.